The van der Waals surface area contributed by atoms with Gasteiger partial charge in [-0.3, -0.25) is 4.90 Å². The van der Waals surface area contributed by atoms with Crippen LogP contribution in [0.25, 0.3) is 0 Å². The SMILES string of the molecule is c1cnc(NC2CCN3CCCC23)nc1. The Morgan fingerprint density at radius 2 is 2.07 bits per heavy atom. The second-order valence-corrected chi connectivity index (χ2v) is 4.36. The number of nitrogens with zero attached hydrogens (tertiary/aromatic N) is 3. The largest absolute Gasteiger partial charge is 0.350 e. The Hall–Kier alpha value is -1.16. The smallest absolute Gasteiger partial charge is 0.222 e. The molecular formula is C11H16N4. The van der Waals surface area contributed by atoms with Gasteiger partial charge >= 0.3 is 0 Å². The van der Waals surface area contributed by atoms with E-state index < -0.39 is 0 Å². The van der Waals surface area contributed by atoms with Crippen molar-refractivity contribution in [2.24, 2.45) is 0 Å². The van der Waals surface area contributed by atoms with E-state index >= 15 is 0 Å². The van der Waals surface area contributed by atoms with Gasteiger partial charge in [0.1, 0.15) is 0 Å². The van der Waals surface area contributed by atoms with Crippen LogP contribution in [0.4, 0.5) is 5.95 Å². The number of fused-ring (bicyclic) bond motifs is 1. The van der Waals surface area contributed by atoms with Crippen molar-refractivity contribution < 1.29 is 0 Å². The lowest BCUT2D eigenvalue weighted by Crippen LogP contribution is -2.34. The van der Waals surface area contributed by atoms with Crippen molar-refractivity contribution in [3.8, 4) is 0 Å². The lowest BCUT2D eigenvalue weighted by molar-refractivity contribution is 0.318. The molecule has 0 radical (unpaired) electrons. The summed E-state index contributed by atoms with van der Waals surface area (Å²) in [5.74, 6) is 0.774. The third-order valence-electron chi connectivity index (χ3n) is 3.49. The minimum Gasteiger partial charge on any atom is -0.350 e. The summed E-state index contributed by atoms with van der Waals surface area (Å²) in [6.07, 6.45) is 7.47. The number of rotatable bonds is 2. The summed E-state index contributed by atoms with van der Waals surface area (Å²) in [5.41, 5.74) is 0. The van der Waals surface area contributed by atoms with Gasteiger partial charge in [-0.15, -0.1) is 0 Å². The molecule has 0 bridgehead atoms. The van der Waals surface area contributed by atoms with Crippen LogP contribution < -0.4 is 5.32 Å². The summed E-state index contributed by atoms with van der Waals surface area (Å²) in [6.45, 7) is 2.51. The van der Waals surface area contributed by atoms with Gasteiger partial charge in [-0.05, 0) is 31.9 Å². The van der Waals surface area contributed by atoms with Gasteiger partial charge in [-0.2, -0.15) is 0 Å². The average molecular weight is 204 g/mol. The van der Waals surface area contributed by atoms with Crippen LogP contribution in [0.3, 0.4) is 0 Å². The molecule has 2 saturated heterocycles. The van der Waals surface area contributed by atoms with Crippen LogP contribution in [0.15, 0.2) is 18.5 Å². The Labute approximate surface area is 89.7 Å². The van der Waals surface area contributed by atoms with E-state index in [9.17, 15) is 0 Å². The first-order valence-corrected chi connectivity index (χ1v) is 5.71. The van der Waals surface area contributed by atoms with E-state index in [4.69, 9.17) is 0 Å². The molecule has 2 fully saturated rings. The topological polar surface area (TPSA) is 41.1 Å². The number of hydrogen-bond acceptors (Lipinski definition) is 4. The van der Waals surface area contributed by atoms with Gasteiger partial charge in [0.2, 0.25) is 5.95 Å². The van der Waals surface area contributed by atoms with Crippen molar-refractivity contribution in [3.05, 3.63) is 18.5 Å². The minimum atomic E-state index is 0.551. The second-order valence-electron chi connectivity index (χ2n) is 4.36. The van der Waals surface area contributed by atoms with Crippen LogP contribution in [0.2, 0.25) is 0 Å². The predicted octanol–water partition coefficient (Wildman–Crippen LogP) is 1.13. The molecule has 4 nitrogen and oxygen atoms in total. The molecule has 2 atom stereocenters. The summed E-state index contributed by atoms with van der Waals surface area (Å²) in [5, 5.41) is 3.45. The van der Waals surface area contributed by atoms with E-state index in [-0.39, 0.29) is 0 Å². The molecule has 2 aliphatic heterocycles. The van der Waals surface area contributed by atoms with E-state index in [2.05, 4.69) is 20.2 Å². The standard InChI is InChI=1S/C11H16N4/c1-3-10-9(4-8-15(10)7-1)14-11-12-5-2-6-13-11/h2,5-6,9-10H,1,3-4,7-8H2,(H,12,13,14). The molecule has 0 aliphatic carbocycles. The molecule has 3 rings (SSSR count). The van der Waals surface area contributed by atoms with E-state index in [1.807, 2.05) is 6.07 Å². The molecule has 1 aromatic rings. The van der Waals surface area contributed by atoms with Crippen LogP contribution in [0.5, 0.6) is 0 Å². The van der Waals surface area contributed by atoms with E-state index in [0.29, 0.717) is 12.1 Å². The lowest BCUT2D eigenvalue weighted by Gasteiger charge is -2.20. The van der Waals surface area contributed by atoms with Crippen molar-refractivity contribution in [2.75, 3.05) is 18.4 Å². The van der Waals surface area contributed by atoms with Crippen molar-refractivity contribution in [2.45, 2.75) is 31.3 Å². The highest BCUT2D eigenvalue weighted by atomic mass is 15.3. The quantitative estimate of drug-likeness (QED) is 0.784. The second kappa shape index (κ2) is 3.77. The van der Waals surface area contributed by atoms with Gasteiger partial charge < -0.3 is 5.32 Å². The molecule has 0 amide bonds. The Morgan fingerprint density at radius 1 is 1.20 bits per heavy atom. The molecule has 0 aromatic carbocycles. The van der Waals surface area contributed by atoms with Gasteiger partial charge in [0, 0.05) is 31.0 Å². The van der Waals surface area contributed by atoms with Crippen molar-refractivity contribution in [3.63, 3.8) is 0 Å². The number of nitrogens with one attached hydrogen (secondary N) is 1. The maximum absolute atomic E-state index is 4.22. The molecule has 4 heteroatoms. The summed E-state index contributed by atoms with van der Waals surface area (Å²) in [6, 6.07) is 3.12. The molecule has 0 saturated carbocycles. The fourth-order valence-electron chi connectivity index (χ4n) is 2.79. The minimum absolute atomic E-state index is 0.551. The van der Waals surface area contributed by atoms with E-state index in [0.717, 1.165) is 5.95 Å². The van der Waals surface area contributed by atoms with Crippen molar-refractivity contribution in [1.29, 1.82) is 0 Å². The van der Waals surface area contributed by atoms with Crippen LogP contribution in [0.1, 0.15) is 19.3 Å². The highest BCUT2D eigenvalue weighted by Crippen LogP contribution is 2.29. The van der Waals surface area contributed by atoms with Crippen LogP contribution in [-0.2, 0) is 0 Å². The van der Waals surface area contributed by atoms with Gasteiger partial charge in [-0.25, -0.2) is 9.97 Å². The maximum Gasteiger partial charge on any atom is 0.222 e. The van der Waals surface area contributed by atoms with Crippen molar-refractivity contribution >= 4 is 5.95 Å². The summed E-state index contributed by atoms with van der Waals surface area (Å²) >= 11 is 0. The van der Waals surface area contributed by atoms with Gasteiger partial charge in [0.25, 0.3) is 0 Å². The van der Waals surface area contributed by atoms with Crippen LogP contribution in [0, 0.1) is 0 Å². The Morgan fingerprint density at radius 3 is 2.93 bits per heavy atom. The summed E-state index contributed by atoms with van der Waals surface area (Å²) < 4.78 is 0. The van der Waals surface area contributed by atoms with Crippen molar-refractivity contribution in [1.82, 2.24) is 14.9 Å². The molecular weight excluding hydrogens is 188 g/mol. The van der Waals surface area contributed by atoms with E-state index in [1.54, 1.807) is 12.4 Å². The number of anilines is 1. The Bertz CT molecular complexity index is 327. The number of hydrogen-bond donors (Lipinski definition) is 1. The normalized spacial score (nSPS) is 30.4. The first-order valence-electron chi connectivity index (χ1n) is 5.71. The molecule has 2 aliphatic rings. The zero-order valence-electron chi connectivity index (χ0n) is 8.76. The van der Waals surface area contributed by atoms with Crippen LogP contribution in [-0.4, -0.2) is 40.0 Å². The third-order valence-corrected chi connectivity index (χ3v) is 3.49. The molecule has 1 N–H and O–H groups in total. The zero-order chi connectivity index (χ0) is 10.1. The molecule has 2 unspecified atom stereocenters. The molecule has 15 heavy (non-hydrogen) atoms. The van der Waals surface area contributed by atoms with Crippen LogP contribution >= 0.6 is 0 Å². The van der Waals surface area contributed by atoms with Gasteiger partial charge in [0.15, 0.2) is 0 Å². The number of aromatic nitrogens is 2. The first kappa shape index (κ1) is 9.09. The predicted molar refractivity (Wildman–Crippen MR) is 58.7 cm³/mol. The first-order chi connectivity index (χ1) is 7.43. The Kier molecular flexibility index (Phi) is 2.29. The molecule has 80 valence electrons. The molecule has 1 aromatic heterocycles. The monoisotopic (exact) mass is 204 g/mol. The van der Waals surface area contributed by atoms with E-state index in [1.165, 1.54) is 32.4 Å². The fourth-order valence-corrected chi connectivity index (χ4v) is 2.79. The summed E-state index contributed by atoms with van der Waals surface area (Å²) in [7, 11) is 0. The summed E-state index contributed by atoms with van der Waals surface area (Å²) in [4.78, 5) is 11.0. The fraction of sp³-hybridized carbons (Fsp3) is 0.636. The molecule has 0 spiro atoms. The molecule has 3 heterocycles. The zero-order valence-corrected chi connectivity index (χ0v) is 8.76. The maximum atomic E-state index is 4.22. The average Bonchev–Trinajstić information content (AvgIpc) is 2.85. The highest BCUT2D eigenvalue weighted by Gasteiger charge is 2.37. The third kappa shape index (κ3) is 1.69. The lowest BCUT2D eigenvalue weighted by atomic mass is 10.1. The Balaban J connectivity index is 1.69. The van der Waals surface area contributed by atoms with Gasteiger partial charge in [-0.1, -0.05) is 0 Å². The highest BCUT2D eigenvalue weighted by molar-refractivity contribution is 5.26. The van der Waals surface area contributed by atoms with Gasteiger partial charge in [0.05, 0.1) is 0 Å².